The summed E-state index contributed by atoms with van der Waals surface area (Å²) in [6.45, 7) is 7.15. The fourth-order valence-corrected chi connectivity index (χ4v) is 1.86. The Hall–Kier alpha value is -1.75. The van der Waals surface area contributed by atoms with Crippen molar-refractivity contribution in [2.45, 2.75) is 45.8 Å². The van der Waals surface area contributed by atoms with Gasteiger partial charge in [0, 0.05) is 13.2 Å². The number of nitrogens with one attached hydrogen (secondary N) is 1. The first-order valence-corrected chi connectivity index (χ1v) is 7.76. The molecule has 0 aliphatic heterocycles. The van der Waals surface area contributed by atoms with Gasteiger partial charge in [-0.2, -0.15) is 0 Å². The topological polar surface area (TPSA) is 56.8 Å². The van der Waals surface area contributed by atoms with E-state index in [-0.39, 0.29) is 12.0 Å². The molecule has 124 valence electrons. The van der Waals surface area contributed by atoms with Crippen LogP contribution in [0.5, 0.6) is 11.5 Å². The minimum Gasteiger partial charge on any atom is -0.497 e. The van der Waals surface area contributed by atoms with Crippen LogP contribution in [0.25, 0.3) is 0 Å². The fourth-order valence-electron chi connectivity index (χ4n) is 1.86. The summed E-state index contributed by atoms with van der Waals surface area (Å²) in [5.74, 6) is 1.32. The molecule has 1 rings (SSSR count). The molecule has 5 nitrogen and oxygen atoms in total. The molecule has 0 spiro atoms. The second-order valence-corrected chi connectivity index (χ2v) is 5.25. The highest BCUT2D eigenvalue weighted by Gasteiger charge is 2.17. The summed E-state index contributed by atoms with van der Waals surface area (Å²) in [7, 11) is 1.61. The molecule has 0 saturated heterocycles. The SMILES string of the molecule is CC[C@@H](Oc1ccc(OC)cc1)C(=O)NCCCOC(C)C. The van der Waals surface area contributed by atoms with E-state index in [0.29, 0.717) is 25.3 Å². The standard InChI is InChI=1S/C17H27NO4/c1-5-16(17(19)18-11-6-12-21-13(2)3)22-15-9-7-14(20-4)8-10-15/h7-10,13,16H,5-6,11-12H2,1-4H3,(H,18,19)/t16-/m1/s1. The first kappa shape index (κ1) is 18.3. The molecule has 0 unspecified atom stereocenters. The minimum absolute atomic E-state index is 0.0946. The van der Waals surface area contributed by atoms with Crippen molar-refractivity contribution in [3.63, 3.8) is 0 Å². The molecule has 0 fully saturated rings. The van der Waals surface area contributed by atoms with Gasteiger partial charge in [0.2, 0.25) is 0 Å². The lowest BCUT2D eigenvalue weighted by Crippen LogP contribution is -2.38. The number of rotatable bonds is 10. The summed E-state index contributed by atoms with van der Waals surface area (Å²) in [4.78, 5) is 12.1. The van der Waals surface area contributed by atoms with Crippen molar-refractivity contribution in [2.24, 2.45) is 0 Å². The number of ether oxygens (including phenoxy) is 3. The van der Waals surface area contributed by atoms with Crippen molar-refractivity contribution in [3.05, 3.63) is 24.3 Å². The molecule has 0 aromatic heterocycles. The molecule has 1 N–H and O–H groups in total. The Balaban J connectivity index is 2.37. The summed E-state index contributed by atoms with van der Waals surface area (Å²) < 4.78 is 16.2. The molecule has 1 atom stereocenters. The Bertz CT molecular complexity index is 431. The van der Waals surface area contributed by atoms with E-state index in [9.17, 15) is 4.79 Å². The summed E-state index contributed by atoms with van der Waals surface area (Å²) in [6.07, 6.45) is 1.14. The monoisotopic (exact) mass is 309 g/mol. The van der Waals surface area contributed by atoms with Gasteiger partial charge in [-0.3, -0.25) is 4.79 Å². The van der Waals surface area contributed by atoms with Gasteiger partial charge in [-0.1, -0.05) is 6.92 Å². The summed E-state index contributed by atoms with van der Waals surface area (Å²) in [5, 5.41) is 2.88. The van der Waals surface area contributed by atoms with Crippen LogP contribution in [0, 0.1) is 0 Å². The molecule has 22 heavy (non-hydrogen) atoms. The van der Waals surface area contributed by atoms with Gasteiger partial charge in [-0.15, -0.1) is 0 Å². The first-order chi connectivity index (χ1) is 10.6. The van der Waals surface area contributed by atoms with E-state index in [4.69, 9.17) is 14.2 Å². The maximum Gasteiger partial charge on any atom is 0.261 e. The molecule has 1 aromatic carbocycles. The van der Waals surface area contributed by atoms with Gasteiger partial charge >= 0.3 is 0 Å². The first-order valence-electron chi connectivity index (χ1n) is 7.76. The van der Waals surface area contributed by atoms with E-state index < -0.39 is 6.10 Å². The van der Waals surface area contributed by atoms with Crippen molar-refractivity contribution in [2.75, 3.05) is 20.3 Å². The number of hydrogen-bond donors (Lipinski definition) is 1. The second kappa shape index (κ2) is 10.1. The number of methoxy groups -OCH3 is 1. The van der Waals surface area contributed by atoms with Crippen LogP contribution in [-0.4, -0.2) is 38.4 Å². The predicted octanol–water partition coefficient (Wildman–Crippen LogP) is 2.78. The largest absolute Gasteiger partial charge is 0.497 e. The van der Waals surface area contributed by atoms with E-state index in [2.05, 4.69) is 5.32 Å². The highest BCUT2D eigenvalue weighted by atomic mass is 16.5. The number of carbonyl (C=O) groups excluding carboxylic acids is 1. The third kappa shape index (κ3) is 6.80. The Morgan fingerprint density at radius 2 is 1.82 bits per heavy atom. The van der Waals surface area contributed by atoms with Crippen LogP contribution in [0.2, 0.25) is 0 Å². The van der Waals surface area contributed by atoms with Crippen molar-refractivity contribution in [3.8, 4) is 11.5 Å². The molecule has 1 amide bonds. The van der Waals surface area contributed by atoms with Gasteiger partial charge in [0.05, 0.1) is 13.2 Å². The fraction of sp³-hybridized carbons (Fsp3) is 0.588. The quantitative estimate of drug-likeness (QED) is 0.675. The number of hydrogen-bond acceptors (Lipinski definition) is 4. The maximum absolute atomic E-state index is 12.1. The van der Waals surface area contributed by atoms with Gasteiger partial charge in [0.15, 0.2) is 6.10 Å². The molecule has 0 radical (unpaired) electrons. The Morgan fingerprint density at radius 3 is 2.36 bits per heavy atom. The summed E-state index contributed by atoms with van der Waals surface area (Å²) in [5.41, 5.74) is 0. The number of carbonyl (C=O) groups is 1. The highest BCUT2D eigenvalue weighted by Crippen LogP contribution is 2.18. The normalized spacial score (nSPS) is 12.0. The van der Waals surface area contributed by atoms with E-state index in [1.54, 1.807) is 19.2 Å². The van der Waals surface area contributed by atoms with Gasteiger partial charge < -0.3 is 19.5 Å². The lowest BCUT2D eigenvalue weighted by molar-refractivity contribution is -0.128. The third-order valence-electron chi connectivity index (χ3n) is 3.07. The molecule has 0 saturated carbocycles. The molecule has 0 aliphatic rings. The van der Waals surface area contributed by atoms with Crippen molar-refractivity contribution in [1.82, 2.24) is 5.32 Å². The van der Waals surface area contributed by atoms with Crippen molar-refractivity contribution < 1.29 is 19.0 Å². The van der Waals surface area contributed by atoms with Crippen molar-refractivity contribution in [1.29, 1.82) is 0 Å². The Labute approximate surface area is 132 Å². The Kier molecular flexibility index (Phi) is 8.36. The molecule has 0 heterocycles. The van der Waals surface area contributed by atoms with Gasteiger partial charge in [0.25, 0.3) is 5.91 Å². The molecular formula is C17H27NO4. The van der Waals surface area contributed by atoms with Crippen LogP contribution >= 0.6 is 0 Å². The summed E-state index contributed by atoms with van der Waals surface area (Å²) >= 11 is 0. The number of benzene rings is 1. The lowest BCUT2D eigenvalue weighted by atomic mass is 10.2. The average molecular weight is 309 g/mol. The molecular weight excluding hydrogens is 282 g/mol. The molecule has 5 heteroatoms. The van der Waals surface area contributed by atoms with E-state index in [0.717, 1.165) is 12.2 Å². The number of amides is 1. The van der Waals surface area contributed by atoms with Crippen LogP contribution in [0.4, 0.5) is 0 Å². The van der Waals surface area contributed by atoms with Crippen LogP contribution in [0.1, 0.15) is 33.6 Å². The zero-order valence-electron chi connectivity index (χ0n) is 13.9. The second-order valence-electron chi connectivity index (χ2n) is 5.25. The molecule has 0 bridgehead atoms. The van der Waals surface area contributed by atoms with Gasteiger partial charge in [0.1, 0.15) is 11.5 Å². The van der Waals surface area contributed by atoms with E-state index in [1.807, 2.05) is 32.9 Å². The maximum atomic E-state index is 12.1. The van der Waals surface area contributed by atoms with E-state index >= 15 is 0 Å². The lowest BCUT2D eigenvalue weighted by Gasteiger charge is -2.17. The van der Waals surface area contributed by atoms with Gasteiger partial charge in [-0.05, 0) is 51.0 Å². The van der Waals surface area contributed by atoms with Crippen LogP contribution in [0.15, 0.2) is 24.3 Å². The predicted molar refractivity (Wildman–Crippen MR) is 86.4 cm³/mol. The zero-order chi connectivity index (χ0) is 16.4. The van der Waals surface area contributed by atoms with Gasteiger partial charge in [-0.25, -0.2) is 0 Å². The molecule has 1 aromatic rings. The van der Waals surface area contributed by atoms with Crippen LogP contribution in [-0.2, 0) is 9.53 Å². The third-order valence-corrected chi connectivity index (χ3v) is 3.07. The minimum atomic E-state index is -0.487. The van der Waals surface area contributed by atoms with Crippen molar-refractivity contribution >= 4 is 5.91 Å². The average Bonchev–Trinajstić information content (AvgIpc) is 2.52. The van der Waals surface area contributed by atoms with E-state index in [1.165, 1.54) is 0 Å². The van der Waals surface area contributed by atoms with Crippen LogP contribution in [0.3, 0.4) is 0 Å². The molecule has 0 aliphatic carbocycles. The summed E-state index contributed by atoms with van der Waals surface area (Å²) in [6, 6.07) is 7.21. The highest BCUT2D eigenvalue weighted by molar-refractivity contribution is 5.81. The zero-order valence-corrected chi connectivity index (χ0v) is 13.9. The Morgan fingerprint density at radius 1 is 1.18 bits per heavy atom. The van der Waals surface area contributed by atoms with Crippen LogP contribution < -0.4 is 14.8 Å². The smallest absolute Gasteiger partial charge is 0.261 e.